The Hall–Kier alpha value is -3.00. The quantitative estimate of drug-likeness (QED) is 0.713. The maximum Gasteiger partial charge on any atom is 0.221 e. The number of hydrogen-bond acceptors (Lipinski definition) is 8. The molecule has 2 aromatic heterocycles. The Kier molecular flexibility index (Phi) is 3.81. The molecule has 1 fully saturated rings. The third-order valence-corrected chi connectivity index (χ3v) is 4.57. The number of piperazine rings is 1. The van der Waals surface area contributed by atoms with Gasteiger partial charge in [0.1, 0.15) is 18.0 Å². The molecule has 8 heteroatoms. The van der Waals surface area contributed by atoms with Crippen LogP contribution in [0.25, 0.3) is 22.0 Å². The van der Waals surface area contributed by atoms with Gasteiger partial charge in [-0.2, -0.15) is 4.98 Å². The van der Waals surface area contributed by atoms with E-state index in [-0.39, 0.29) is 5.95 Å². The molecule has 0 atom stereocenters. The van der Waals surface area contributed by atoms with Crippen LogP contribution in [0.5, 0.6) is 0 Å². The largest absolute Gasteiger partial charge is 0.383 e. The van der Waals surface area contributed by atoms with Gasteiger partial charge in [-0.1, -0.05) is 6.07 Å². The van der Waals surface area contributed by atoms with E-state index in [1.165, 1.54) is 0 Å². The number of rotatable bonds is 2. The van der Waals surface area contributed by atoms with Gasteiger partial charge in [0.2, 0.25) is 5.95 Å². The summed E-state index contributed by atoms with van der Waals surface area (Å²) in [6.07, 6.45) is 3.25. The minimum atomic E-state index is 0.168. The second-order valence-electron chi connectivity index (χ2n) is 6.25. The molecule has 0 amide bonds. The second kappa shape index (κ2) is 6.14. The first kappa shape index (κ1) is 15.5. The van der Waals surface area contributed by atoms with E-state index in [4.69, 9.17) is 11.5 Å². The molecular weight excluding hydrogens is 316 g/mol. The van der Waals surface area contributed by atoms with Crippen molar-refractivity contribution in [3.05, 3.63) is 30.7 Å². The highest BCUT2D eigenvalue weighted by molar-refractivity contribution is 5.93. The lowest BCUT2D eigenvalue weighted by molar-refractivity contribution is 0.312. The zero-order valence-corrected chi connectivity index (χ0v) is 14.1. The van der Waals surface area contributed by atoms with E-state index >= 15 is 0 Å². The van der Waals surface area contributed by atoms with Gasteiger partial charge in [-0.25, -0.2) is 15.0 Å². The van der Waals surface area contributed by atoms with Crippen LogP contribution in [0.3, 0.4) is 0 Å². The first-order valence-corrected chi connectivity index (χ1v) is 8.18. The average molecular weight is 336 g/mol. The topological polar surface area (TPSA) is 110 Å². The molecule has 0 saturated carbocycles. The fraction of sp³-hybridized carbons (Fsp3) is 0.294. The van der Waals surface area contributed by atoms with Crippen LogP contribution in [0.1, 0.15) is 0 Å². The summed E-state index contributed by atoms with van der Waals surface area (Å²) >= 11 is 0. The van der Waals surface area contributed by atoms with Crippen molar-refractivity contribution < 1.29 is 0 Å². The van der Waals surface area contributed by atoms with Crippen LogP contribution in [-0.2, 0) is 0 Å². The number of hydrogen-bond donors (Lipinski definition) is 2. The van der Waals surface area contributed by atoms with Crippen molar-refractivity contribution in [2.24, 2.45) is 0 Å². The number of fused-ring (bicyclic) bond motifs is 1. The molecule has 128 valence electrons. The standard InChI is InChI=1S/C17H20N8/c1-24-4-6-25(7-5-24)16-12-3-2-11(8-14(12)21-10-22-16)13-9-20-17(19)23-15(13)18/h2-3,8-10H,4-7H2,1H3,(H4,18,19,20,23). The Balaban J connectivity index is 1.75. The Morgan fingerprint density at radius 2 is 1.80 bits per heavy atom. The van der Waals surface area contributed by atoms with Gasteiger partial charge in [-0.3, -0.25) is 0 Å². The predicted octanol–water partition coefficient (Wildman–Crippen LogP) is 1.00. The molecule has 1 aliphatic heterocycles. The molecule has 0 spiro atoms. The van der Waals surface area contributed by atoms with Crippen molar-refractivity contribution >= 4 is 28.5 Å². The number of nitrogens with two attached hydrogens (primary N) is 2. The molecule has 1 aliphatic rings. The molecule has 0 radical (unpaired) electrons. The van der Waals surface area contributed by atoms with Crippen molar-refractivity contribution in [1.29, 1.82) is 0 Å². The molecule has 8 nitrogen and oxygen atoms in total. The number of nitrogens with zero attached hydrogens (tertiary/aromatic N) is 6. The van der Waals surface area contributed by atoms with E-state index in [0.29, 0.717) is 5.82 Å². The molecule has 1 saturated heterocycles. The molecule has 1 aromatic carbocycles. The molecule has 0 bridgehead atoms. The van der Waals surface area contributed by atoms with E-state index in [1.807, 2.05) is 18.2 Å². The van der Waals surface area contributed by atoms with Gasteiger partial charge in [0.25, 0.3) is 0 Å². The first-order chi connectivity index (χ1) is 12.1. The summed E-state index contributed by atoms with van der Waals surface area (Å²) < 4.78 is 0. The molecule has 3 aromatic rings. The molecule has 4 rings (SSSR count). The number of aromatic nitrogens is 4. The lowest BCUT2D eigenvalue weighted by Crippen LogP contribution is -2.44. The Bertz CT molecular complexity index is 918. The van der Waals surface area contributed by atoms with Gasteiger partial charge in [0.15, 0.2) is 0 Å². The van der Waals surface area contributed by atoms with E-state index < -0.39 is 0 Å². The van der Waals surface area contributed by atoms with Gasteiger partial charge >= 0.3 is 0 Å². The van der Waals surface area contributed by atoms with Crippen LogP contribution in [0.15, 0.2) is 30.7 Å². The molecular formula is C17H20N8. The highest BCUT2D eigenvalue weighted by atomic mass is 15.3. The second-order valence-corrected chi connectivity index (χ2v) is 6.25. The zero-order valence-electron chi connectivity index (χ0n) is 14.1. The monoisotopic (exact) mass is 336 g/mol. The Labute approximate surface area is 145 Å². The maximum atomic E-state index is 5.98. The van der Waals surface area contributed by atoms with Gasteiger partial charge in [-0.05, 0) is 24.7 Å². The summed E-state index contributed by atoms with van der Waals surface area (Å²) in [5, 5.41) is 1.03. The molecule has 0 unspecified atom stereocenters. The normalized spacial score (nSPS) is 15.6. The minimum Gasteiger partial charge on any atom is -0.383 e. The highest BCUT2D eigenvalue weighted by Crippen LogP contribution is 2.30. The van der Waals surface area contributed by atoms with Crippen LogP contribution in [-0.4, -0.2) is 58.1 Å². The number of benzene rings is 1. The highest BCUT2D eigenvalue weighted by Gasteiger charge is 2.18. The average Bonchev–Trinajstić information content (AvgIpc) is 2.61. The van der Waals surface area contributed by atoms with Crippen LogP contribution < -0.4 is 16.4 Å². The molecule has 4 N–H and O–H groups in total. The zero-order chi connectivity index (χ0) is 17.4. The van der Waals surface area contributed by atoms with Gasteiger partial charge in [-0.15, -0.1) is 0 Å². The molecule has 3 heterocycles. The van der Waals surface area contributed by atoms with Crippen LogP contribution in [0.2, 0.25) is 0 Å². The van der Waals surface area contributed by atoms with Gasteiger partial charge in [0.05, 0.1) is 5.52 Å². The number of likely N-dealkylation sites (N-methyl/N-ethyl adjacent to an activating group) is 1. The molecule has 0 aliphatic carbocycles. The lowest BCUT2D eigenvalue weighted by Gasteiger charge is -2.33. The third kappa shape index (κ3) is 2.91. The van der Waals surface area contributed by atoms with E-state index in [2.05, 4.69) is 36.8 Å². The van der Waals surface area contributed by atoms with Gasteiger partial charge < -0.3 is 21.3 Å². The number of nitrogen functional groups attached to an aromatic ring is 2. The van der Waals surface area contributed by atoms with E-state index in [1.54, 1.807) is 12.5 Å². The summed E-state index contributed by atoms with van der Waals surface area (Å²) in [6.45, 7) is 3.98. The summed E-state index contributed by atoms with van der Waals surface area (Å²) in [5.41, 5.74) is 14.1. The van der Waals surface area contributed by atoms with Crippen molar-refractivity contribution in [2.75, 3.05) is 49.6 Å². The van der Waals surface area contributed by atoms with Crippen LogP contribution in [0, 0.1) is 0 Å². The van der Waals surface area contributed by atoms with Crippen molar-refractivity contribution in [3.63, 3.8) is 0 Å². The first-order valence-electron chi connectivity index (χ1n) is 8.18. The third-order valence-electron chi connectivity index (χ3n) is 4.57. The van der Waals surface area contributed by atoms with E-state index in [0.717, 1.165) is 54.0 Å². The van der Waals surface area contributed by atoms with Crippen molar-refractivity contribution in [1.82, 2.24) is 24.8 Å². The Morgan fingerprint density at radius 1 is 1.00 bits per heavy atom. The maximum absolute atomic E-state index is 5.98. The summed E-state index contributed by atoms with van der Waals surface area (Å²) in [7, 11) is 2.14. The summed E-state index contributed by atoms with van der Waals surface area (Å²) in [6, 6.07) is 6.02. The summed E-state index contributed by atoms with van der Waals surface area (Å²) in [5.74, 6) is 1.51. The fourth-order valence-electron chi connectivity index (χ4n) is 3.11. The smallest absolute Gasteiger partial charge is 0.221 e. The van der Waals surface area contributed by atoms with Crippen molar-refractivity contribution in [2.45, 2.75) is 0 Å². The molecule has 25 heavy (non-hydrogen) atoms. The summed E-state index contributed by atoms with van der Waals surface area (Å²) in [4.78, 5) is 21.6. The van der Waals surface area contributed by atoms with Crippen molar-refractivity contribution in [3.8, 4) is 11.1 Å². The number of anilines is 3. The van der Waals surface area contributed by atoms with Crippen LogP contribution >= 0.6 is 0 Å². The lowest BCUT2D eigenvalue weighted by atomic mass is 10.1. The Morgan fingerprint density at radius 3 is 2.56 bits per heavy atom. The van der Waals surface area contributed by atoms with Gasteiger partial charge in [0, 0.05) is 43.3 Å². The fourth-order valence-corrected chi connectivity index (χ4v) is 3.11. The predicted molar refractivity (Wildman–Crippen MR) is 99.1 cm³/mol. The minimum absolute atomic E-state index is 0.168. The van der Waals surface area contributed by atoms with E-state index in [9.17, 15) is 0 Å². The van der Waals surface area contributed by atoms with Crippen LogP contribution in [0.4, 0.5) is 17.6 Å². The SMILES string of the molecule is CN1CCN(c2ncnc3cc(-c4cnc(N)nc4N)ccc23)CC1.